The molecule has 0 aliphatic heterocycles. The van der Waals surface area contributed by atoms with Gasteiger partial charge in [0.25, 0.3) is 0 Å². The molecule has 0 radical (unpaired) electrons. The molecule has 0 aliphatic carbocycles. The lowest BCUT2D eigenvalue weighted by Crippen LogP contribution is -2.18. The second kappa shape index (κ2) is 20.6. The fourth-order valence-electron chi connectivity index (χ4n) is 8.20. The Hall–Kier alpha value is -8.29. The molecule has 0 spiro atoms. The number of para-hydroxylation sites is 2. The van der Waals surface area contributed by atoms with E-state index in [9.17, 15) is 0 Å². The van der Waals surface area contributed by atoms with E-state index < -0.39 is 0 Å². The molecular formula is C65H61N7. The normalized spacial score (nSPS) is 11.7. The molecule has 0 fully saturated rings. The Balaban J connectivity index is 0.000000135. The topological polar surface area (TPSA) is 90.2 Å². The molecule has 11 rings (SSSR count). The molecule has 3 heterocycles. The van der Waals surface area contributed by atoms with Crippen LogP contribution in [0.15, 0.2) is 206 Å². The predicted octanol–water partition coefficient (Wildman–Crippen LogP) is 16.5. The van der Waals surface area contributed by atoms with Crippen molar-refractivity contribution in [3.63, 3.8) is 0 Å². The third-order valence-corrected chi connectivity index (χ3v) is 12.2. The molecule has 0 aliphatic rings. The molecule has 0 atom stereocenters. The molecule has 0 saturated carbocycles. The smallest absolute Gasteiger partial charge is 0.163 e. The maximum absolute atomic E-state index is 4.94. The summed E-state index contributed by atoms with van der Waals surface area (Å²) in [4.78, 5) is 33.6. The predicted molar refractivity (Wildman–Crippen MR) is 300 cm³/mol. The lowest BCUT2D eigenvalue weighted by molar-refractivity contribution is 0.543. The summed E-state index contributed by atoms with van der Waals surface area (Å²) in [6, 6.07) is 70.6. The number of fused-ring (bicyclic) bond motifs is 3. The molecule has 0 saturated heterocycles. The molecule has 0 amide bonds. The molecule has 0 bridgehead atoms. The van der Waals surface area contributed by atoms with E-state index in [1.54, 1.807) is 0 Å². The van der Waals surface area contributed by atoms with Gasteiger partial charge in [-0.3, -0.25) is 0 Å². The van der Waals surface area contributed by atoms with Gasteiger partial charge in [0.15, 0.2) is 11.6 Å². The molecule has 3 aromatic heterocycles. The number of hydrogen-bond acceptors (Lipinski definition) is 7. The number of hydrogen-bond donors (Lipinski definition) is 0. The molecule has 7 nitrogen and oxygen atoms in total. The van der Waals surface area contributed by atoms with E-state index >= 15 is 0 Å². The van der Waals surface area contributed by atoms with Crippen LogP contribution in [0.25, 0.3) is 89.0 Å². The van der Waals surface area contributed by atoms with Gasteiger partial charge in [-0.2, -0.15) is 0 Å². The Labute approximate surface area is 424 Å². The van der Waals surface area contributed by atoms with Gasteiger partial charge in [-0.25, -0.2) is 34.9 Å². The van der Waals surface area contributed by atoms with Crippen molar-refractivity contribution >= 4 is 32.6 Å². The van der Waals surface area contributed by atoms with E-state index in [0.29, 0.717) is 11.6 Å². The average Bonchev–Trinajstić information content (AvgIpc) is 3.40. The summed E-state index contributed by atoms with van der Waals surface area (Å²) < 4.78 is 0. The van der Waals surface area contributed by atoms with Crippen LogP contribution < -0.4 is 0 Å². The summed E-state index contributed by atoms with van der Waals surface area (Å²) in [7, 11) is 0. The summed E-state index contributed by atoms with van der Waals surface area (Å²) >= 11 is 0. The molecule has 72 heavy (non-hydrogen) atoms. The van der Waals surface area contributed by atoms with E-state index in [-0.39, 0.29) is 16.2 Å². The highest BCUT2D eigenvalue weighted by atomic mass is 15.0. The summed E-state index contributed by atoms with van der Waals surface area (Å²) in [5.74, 6) is 3.98. The summed E-state index contributed by atoms with van der Waals surface area (Å²) in [5, 5.41) is 4.68. The van der Waals surface area contributed by atoms with Crippen LogP contribution in [0.3, 0.4) is 0 Å². The quantitative estimate of drug-likeness (QED) is 0.170. The van der Waals surface area contributed by atoms with Crippen molar-refractivity contribution in [2.24, 2.45) is 0 Å². The van der Waals surface area contributed by atoms with Crippen molar-refractivity contribution in [1.82, 2.24) is 34.9 Å². The van der Waals surface area contributed by atoms with Crippen molar-refractivity contribution < 1.29 is 0 Å². The van der Waals surface area contributed by atoms with Crippen LogP contribution in [0.2, 0.25) is 0 Å². The third-order valence-electron chi connectivity index (χ3n) is 12.2. The van der Waals surface area contributed by atoms with Gasteiger partial charge >= 0.3 is 0 Å². The van der Waals surface area contributed by atoms with Crippen LogP contribution in [0.5, 0.6) is 0 Å². The Kier molecular flexibility index (Phi) is 13.9. The minimum Gasteiger partial charge on any atom is -0.232 e. The SMILES string of the molecule is CC(C)(C)c1nc(-c2ccc3ccccc3c2)c2ccccc2n1.CC(C)(C)c1nc(-c2ccccc2)c2ccccc2n1.CC(C)(C)c1nc(-c2ccccc2)nc(-c2ccc(-c3ccccc3)cc2)n1. The van der Waals surface area contributed by atoms with Gasteiger partial charge in [-0.05, 0) is 40.1 Å². The summed E-state index contributed by atoms with van der Waals surface area (Å²) in [6.07, 6.45) is 0. The van der Waals surface area contributed by atoms with Crippen molar-refractivity contribution in [3.8, 4) is 56.4 Å². The molecule has 0 unspecified atom stereocenters. The molecule has 11 aromatic rings. The Morgan fingerprint density at radius 3 is 1.10 bits per heavy atom. The standard InChI is InChI=1S/C25H23N3.C22H20N2.C18H18N2/c1-25(2,3)24-27-22(20-12-8-5-9-13-20)26-23(28-24)21-16-14-19(15-17-21)18-10-6-4-7-11-18;1-22(2,3)21-23-19-11-7-6-10-18(19)20(24-21)17-13-12-15-8-4-5-9-16(15)14-17;1-18(2,3)17-19-15-12-8-7-11-14(15)16(20-17)13-9-5-4-6-10-13/h4-17H,1-3H3;4-14H,1-3H3;4-12H,1-3H3. The number of aromatic nitrogens is 7. The first-order valence-electron chi connectivity index (χ1n) is 24.7. The molecule has 8 aromatic carbocycles. The summed E-state index contributed by atoms with van der Waals surface area (Å²) in [6.45, 7) is 19.3. The van der Waals surface area contributed by atoms with Gasteiger partial charge < -0.3 is 0 Å². The highest BCUT2D eigenvalue weighted by Gasteiger charge is 2.23. The summed E-state index contributed by atoms with van der Waals surface area (Å²) in [5.41, 5.74) is 10.4. The average molecular weight is 940 g/mol. The largest absolute Gasteiger partial charge is 0.232 e. The number of benzene rings is 8. The van der Waals surface area contributed by atoms with Crippen LogP contribution in [-0.4, -0.2) is 34.9 Å². The zero-order chi connectivity index (χ0) is 50.5. The highest BCUT2D eigenvalue weighted by Crippen LogP contribution is 2.33. The number of rotatable bonds is 5. The Morgan fingerprint density at radius 1 is 0.250 bits per heavy atom. The van der Waals surface area contributed by atoms with Gasteiger partial charge in [0.05, 0.1) is 22.4 Å². The van der Waals surface area contributed by atoms with Crippen LogP contribution >= 0.6 is 0 Å². The van der Waals surface area contributed by atoms with Gasteiger partial charge in [-0.1, -0.05) is 250 Å². The zero-order valence-corrected chi connectivity index (χ0v) is 42.8. The third kappa shape index (κ3) is 11.3. The van der Waals surface area contributed by atoms with Crippen LogP contribution in [0.4, 0.5) is 0 Å². The van der Waals surface area contributed by atoms with E-state index in [2.05, 4.69) is 190 Å². The van der Waals surface area contributed by atoms with E-state index in [4.69, 9.17) is 34.9 Å². The second-order valence-electron chi connectivity index (χ2n) is 21.1. The lowest BCUT2D eigenvalue weighted by Gasteiger charge is -2.19. The molecular weight excluding hydrogens is 879 g/mol. The minimum atomic E-state index is -0.162. The maximum Gasteiger partial charge on any atom is 0.163 e. The van der Waals surface area contributed by atoms with E-state index in [1.807, 2.05) is 78.9 Å². The minimum absolute atomic E-state index is 0.0619. The highest BCUT2D eigenvalue weighted by molar-refractivity contribution is 5.96. The van der Waals surface area contributed by atoms with Crippen LogP contribution in [0.1, 0.15) is 79.8 Å². The van der Waals surface area contributed by atoms with Gasteiger partial charge in [0.1, 0.15) is 17.5 Å². The van der Waals surface area contributed by atoms with Crippen molar-refractivity contribution in [2.45, 2.75) is 78.6 Å². The Bertz CT molecular complexity index is 3610. The van der Waals surface area contributed by atoms with Gasteiger partial charge in [0.2, 0.25) is 0 Å². The van der Waals surface area contributed by atoms with Crippen LogP contribution in [-0.2, 0) is 16.2 Å². The number of nitrogens with zero attached hydrogens (tertiary/aromatic N) is 7. The lowest BCUT2D eigenvalue weighted by atomic mass is 9.94. The monoisotopic (exact) mass is 939 g/mol. The second-order valence-corrected chi connectivity index (χ2v) is 21.1. The Morgan fingerprint density at radius 2 is 0.597 bits per heavy atom. The first-order valence-corrected chi connectivity index (χ1v) is 24.7. The maximum atomic E-state index is 4.94. The zero-order valence-electron chi connectivity index (χ0n) is 42.8. The fraction of sp³-hybridized carbons (Fsp3) is 0.185. The van der Waals surface area contributed by atoms with E-state index in [0.717, 1.165) is 72.9 Å². The fourth-order valence-corrected chi connectivity index (χ4v) is 8.20. The van der Waals surface area contributed by atoms with Crippen molar-refractivity contribution in [1.29, 1.82) is 0 Å². The van der Waals surface area contributed by atoms with Crippen molar-refractivity contribution in [2.75, 3.05) is 0 Å². The van der Waals surface area contributed by atoms with Gasteiger partial charge in [0, 0.05) is 49.3 Å². The van der Waals surface area contributed by atoms with Crippen molar-refractivity contribution in [3.05, 3.63) is 224 Å². The molecule has 0 N–H and O–H groups in total. The molecule has 7 heteroatoms. The van der Waals surface area contributed by atoms with E-state index in [1.165, 1.54) is 21.9 Å². The molecule has 356 valence electrons. The van der Waals surface area contributed by atoms with Crippen LogP contribution in [0, 0.1) is 0 Å². The first kappa shape index (κ1) is 48.7. The first-order chi connectivity index (χ1) is 34.6. The van der Waals surface area contributed by atoms with Gasteiger partial charge in [-0.15, -0.1) is 0 Å².